The molecule has 0 bridgehead atoms. The van der Waals surface area contributed by atoms with Crippen LogP contribution in [0.1, 0.15) is 42.6 Å². The molecule has 1 aromatic heterocycles. The van der Waals surface area contributed by atoms with Gasteiger partial charge in [-0.3, -0.25) is 0 Å². The zero-order chi connectivity index (χ0) is 19.5. The van der Waals surface area contributed by atoms with Crippen molar-refractivity contribution in [3.8, 4) is 0 Å². The molecule has 144 valence electrons. The zero-order valence-corrected chi connectivity index (χ0v) is 16.8. The third-order valence-electron chi connectivity index (χ3n) is 5.22. The van der Waals surface area contributed by atoms with Gasteiger partial charge < -0.3 is 11.1 Å². The van der Waals surface area contributed by atoms with E-state index in [9.17, 15) is 0 Å². The quantitative estimate of drug-likeness (QED) is 0.620. The average molecular weight is 393 g/mol. The van der Waals surface area contributed by atoms with Crippen LogP contribution in [-0.2, 0) is 0 Å². The molecule has 0 spiro atoms. The van der Waals surface area contributed by atoms with Crippen LogP contribution in [0.5, 0.6) is 0 Å². The molecule has 4 nitrogen and oxygen atoms in total. The summed E-state index contributed by atoms with van der Waals surface area (Å²) in [6, 6.07) is 14.6. The molecule has 4 rings (SSSR count). The summed E-state index contributed by atoms with van der Waals surface area (Å²) in [5.41, 5.74) is 9.38. The van der Waals surface area contributed by atoms with E-state index in [1.807, 2.05) is 36.4 Å². The Hall–Kier alpha value is -2.43. The van der Waals surface area contributed by atoms with Crippen LogP contribution in [0.2, 0.25) is 5.02 Å². The van der Waals surface area contributed by atoms with Gasteiger partial charge in [0.1, 0.15) is 5.82 Å². The van der Waals surface area contributed by atoms with Crippen LogP contribution in [0.4, 0.5) is 5.82 Å². The maximum absolute atomic E-state index is 6.17. The molecular formula is C23H25ClN4. The van der Waals surface area contributed by atoms with Crippen LogP contribution in [-0.4, -0.2) is 22.1 Å². The number of rotatable bonds is 4. The third kappa shape index (κ3) is 4.51. The molecule has 3 N–H and O–H groups in total. The molecule has 0 aliphatic heterocycles. The lowest BCUT2D eigenvalue weighted by Crippen LogP contribution is -2.35. The number of aryl methyl sites for hydroxylation is 1. The fourth-order valence-electron chi connectivity index (χ4n) is 3.74. The smallest absolute Gasteiger partial charge is 0.154 e. The van der Waals surface area contributed by atoms with Gasteiger partial charge in [-0.05, 0) is 68.5 Å². The Morgan fingerprint density at radius 2 is 1.89 bits per heavy atom. The predicted molar refractivity (Wildman–Crippen MR) is 119 cm³/mol. The summed E-state index contributed by atoms with van der Waals surface area (Å²) >= 11 is 5.96. The van der Waals surface area contributed by atoms with E-state index in [1.54, 1.807) is 0 Å². The molecule has 1 saturated carbocycles. The van der Waals surface area contributed by atoms with Crippen molar-refractivity contribution in [2.75, 3.05) is 5.32 Å². The lowest BCUT2D eigenvalue weighted by Gasteiger charge is -2.28. The van der Waals surface area contributed by atoms with Gasteiger partial charge in [0.25, 0.3) is 0 Å². The molecule has 1 aliphatic carbocycles. The molecule has 5 heteroatoms. The molecular weight excluding hydrogens is 368 g/mol. The minimum atomic E-state index is 0.269. The first-order valence-corrected chi connectivity index (χ1v) is 10.2. The van der Waals surface area contributed by atoms with Crippen LogP contribution in [0, 0.1) is 6.92 Å². The van der Waals surface area contributed by atoms with Crippen molar-refractivity contribution in [2.45, 2.75) is 44.7 Å². The molecule has 0 saturated heterocycles. The maximum Gasteiger partial charge on any atom is 0.154 e. The van der Waals surface area contributed by atoms with Crippen molar-refractivity contribution in [2.24, 2.45) is 5.73 Å². The standard InChI is InChI=1S/C23H25ClN4/c1-15-5-11-21-20(13-15)23(26-19-4-2-3-18(25)14-19)28-22(27-21)12-8-16-6-9-17(24)10-7-16/h5-13,18-19H,2-4,14,25H2,1H3,(H,26,27,28)/t18-,19+/m0/s1. The SMILES string of the molecule is Cc1ccc2nc(C=Cc3ccc(Cl)cc3)nc(N[C@@H]3CCC[C@H](N)C3)c2c1. The summed E-state index contributed by atoms with van der Waals surface area (Å²) in [5.74, 6) is 1.58. The fourth-order valence-corrected chi connectivity index (χ4v) is 3.87. The Balaban J connectivity index is 1.67. The molecule has 1 aliphatic rings. The molecule has 3 aromatic rings. The van der Waals surface area contributed by atoms with E-state index in [4.69, 9.17) is 27.3 Å². The third-order valence-corrected chi connectivity index (χ3v) is 5.47. The van der Waals surface area contributed by atoms with Crippen molar-refractivity contribution in [1.29, 1.82) is 0 Å². The first-order valence-electron chi connectivity index (χ1n) is 9.81. The minimum absolute atomic E-state index is 0.269. The lowest BCUT2D eigenvalue weighted by atomic mass is 9.91. The van der Waals surface area contributed by atoms with E-state index in [0.29, 0.717) is 11.9 Å². The Morgan fingerprint density at radius 3 is 2.68 bits per heavy atom. The molecule has 0 unspecified atom stereocenters. The number of anilines is 1. The first-order chi connectivity index (χ1) is 13.6. The highest BCUT2D eigenvalue weighted by atomic mass is 35.5. The number of hydrogen-bond acceptors (Lipinski definition) is 4. The number of halogens is 1. The van der Waals surface area contributed by atoms with Gasteiger partial charge in [0.05, 0.1) is 5.52 Å². The van der Waals surface area contributed by atoms with Crippen molar-refractivity contribution in [3.05, 3.63) is 64.4 Å². The second-order valence-corrected chi connectivity index (χ2v) is 8.04. The Labute approximate surface area is 170 Å². The Morgan fingerprint density at radius 1 is 1.07 bits per heavy atom. The molecule has 1 heterocycles. The fraction of sp³-hybridized carbons (Fsp3) is 0.304. The number of fused-ring (bicyclic) bond motifs is 1. The topological polar surface area (TPSA) is 63.8 Å². The highest BCUT2D eigenvalue weighted by Crippen LogP contribution is 2.26. The van der Waals surface area contributed by atoms with Crippen molar-refractivity contribution >= 4 is 40.5 Å². The summed E-state index contributed by atoms with van der Waals surface area (Å²) in [7, 11) is 0. The number of nitrogens with two attached hydrogens (primary N) is 1. The average Bonchev–Trinajstić information content (AvgIpc) is 2.68. The van der Waals surface area contributed by atoms with Crippen molar-refractivity contribution in [1.82, 2.24) is 9.97 Å². The normalized spacial score (nSPS) is 20.0. The van der Waals surface area contributed by atoms with Crippen molar-refractivity contribution in [3.63, 3.8) is 0 Å². The van der Waals surface area contributed by atoms with E-state index in [0.717, 1.165) is 53.0 Å². The molecule has 1 fully saturated rings. The number of benzene rings is 2. The largest absolute Gasteiger partial charge is 0.367 e. The molecule has 2 atom stereocenters. The summed E-state index contributed by atoms with van der Waals surface area (Å²) in [4.78, 5) is 9.55. The summed E-state index contributed by atoms with van der Waals surface area (Å²) < 4.78 is 0. The maximum atomic E-state index is 6.17. The number of hydrogen-bond donors (Lipinski definition) is 2. The lowest BCUT2D eigenvalue weighted by molar-refractivity contribution is 0.409. The number of nitrogens with one attached hydrogen (secondary N) is 1. The van der Waals surface area contributed by atoms with E-state index >= 15 is 0 Å². The number of nitrogens with zero attached hydrogens (tertiary/aromatic N) is 2. The van der Waals surface area contributed by atoms with Gasteiger partial charge in [-0.1, -0.05) is 41.4 Å². The summed E-state index contributed by atoms with van der Waals surface area (Å²) in [6.45, 7) is 2.09. The Bertz CT molecular complexity index is 997. The van der Waals surface area contributed by atoms with Gasteiger partial charge >= 0.3 is 0 Å². The van der Waals surface area contributed by atoms with Gasteiger partial charge in [-0.15, -0.1) is 0 Å². The van der Waals surface area contributed by atoms with Gasteiger partial charge in [-0.25, -0.2) is 9.97 Å². The first kappa shape index (κ1) is 18.9. The second-order valence-electron chi connectivity index (χ2n) is 7.60. The molecule has 28 heavy (non-hydrogen) atoms. The number of aromatic nitrogens is 2. The van der Waals surface area contributed by atoms with Gasteiger partial charge in [-0.2, -0.15) is 0 Å². The summed E-state index contributed by atoms with van der Waals surface area (Å²) in [5, 5.41) is 5.43. The van der Waals surface area contributed by atoms with Crippen LogP contribution < -0.4 is 11.1 Å². The molecule has 2 aromatic carbocycles. The molecule has 0 amide bonds. The van der Waals surface area contributed by atoms with Gasteiger partial charge in [0.2, 0.25) is 0 Å². The van der Waals surface area contributed by atoms with Gasteiger partial charge in [0.15, 0.2) is 5.82 Å². The Kier molecular flexibility index (Phi) is 5.60. The van der Waals surface area contributed by atoms with Crippen LogP contribution in [0.25, 0.3) is 23.1 Å². The van der Waals surface area contributed by atoms with Crippen molar-refractivity contribution < 1.29 is 0 Å². The predicted octanol–water partition coefficient (Wildman–Crippen LogP) is 5.44. The van der Waals surface area contributed by atoms with E-state index in [1.165, 1.54) is 5.56 Å². The molecule has 0 radical (unpaired) electrons. The summed E-state index contributed by atoms with van der Waals surface area (Å²) in [6.07, 6.45) is 8.32. The highest BCUT2D eigenvalue weighted by Gasteiger charge is 2.20. The van der Waals surface area contributed by atoms with E-state index < -0.39 is 0 Å². The minimum Gasteiger partial charge on any atom is -0.367 e. The van der Waals surface area contributed by atoms with E-state index in [2.05, 4.69) is 30.4 Å². The van der Waals surface area contributed by atoms with Crippen LogP contribution in [0.15, 0.2) is 42.5 Å². The van der Waals surface area contributed by atoms with E-state index in [-0.39, 0.29) is 6.04 Å². The van der Waals surface area contributed by atoms with Crippen LogP contribution >= 0.6 is 11.6 Å². The van der Waals surface area contributed by atoms with Crippen LogP contribution in [0.3, 0.4) is 0 Å². The second kappa shape index (κ2) is 8.29. The highest BCUT2D eigenvalue weighted by molar-refractivity contribution is 6.30. The van der Waals surface area contributed by atoms with Gasteiger partial charge in [0, 0.05) is 22.5 Å². The zero-order valence-electron chi connectivity index (χ0n) is 16.0. The monoisotopic (exact) mass is 392 g/mol.